The quantitative estimate of drug-likeness (QED) is 0.611. The predicted molar refractivity (Wildman–Crippen MR) is 91.9 cm³/mol. The van der Waals surface area contributed by atoms with Crippen LogP contribution in [0.15, 0.2) is 42.5 Å². The van der Waals surface area contributed by atoms with Gasteiger partial charge in [0, 0.05) is 0 Å². The Morgan fingerprint density at radius 3 is 2.38 bits per heavy atom. The van der Waals surface area contributed by atoms with Gasteiger partial charge in [-0.1, -0.05) is 77.1 Å². The average Bonchev–Trinajstić information content (AvgIpc) is 2.46. The largest absolute Gasteiger partial charge is 0.0645 e. The Balaban J connectivity index is 2.24. The molecule has 0 heterocycles. The van der Waals surface area contributed by atoms with Crippen LogP contribution in [0.3, 0.4) is 0 Å². The Morgan fingerprint density at radius 2 is 1.71 bits per heavy atom. The fourth-order valence-corrected chi connectivity index (χ4v) is 3.52. The van der Waals surface area contributed by atoms with E-state index < -0.39 is 0 Å². The second-order valence-corrected chi connectivity index (χ2v) is 7.76. The molecular weight excluding hydrogens is 252 g/mol. The van der Waals surface area contributed by atoms with Gasteiger partial charge in [0.15, 0.2) is 0 Å². The van der Waals surface area contributed by atoms with E-state index in [-0.39, 0.29) is 10.8 Å². The van der Waals surface area contributed by atoms with Gasteiger partial charge in [0.2, 0.25) is 0 Å². The lowest BCUT2D eigenvalue weighted by atomic mass is 9.67. The Labute approximate surface area is 129 Å². The maximum Gasteiger partial charge on any atom is -0.00312 e. The van der Waals surface area contributed by atoms with E-state index in [4.69, 9.17) is 0 Å². The molecule has 3 rings (SSSR count). The second-order valence-electron chi connectivity index (χ2n) is 7.76. The molecule has 2 aromatic rings. The summed E-state index contributed by atoms with van der Waals surface area (Å²) in [5.41, 5.74) is 7.81. The summed E-state index contributed by atoms with van der Waals surface area (Å²) in [7, 11) is 0. The summed E-state index contributed by atoms with van der Waals surface area (Å²) in [6.45, 7) is 11.6. The van der Waals surface area contributed by atoms with Gasteiger partial charge >= 0.3 is 0 Å². The smallest absolute Gasteiger partial charge is 0.00312 e. The molecule has 110 valence electrons. The fourth-order valence-electron chi connectivity index (χ4n) is 3.52. The Kier molecular flexibility index (Phi) is 3.24. The number of hydrogen-bond donors (Lipinski definition) is 0. The lowest BCUT2D eigenvalue weighted by molar-refractivity contribution is 0.447. The number of hydrogen-bond acceptors (Lipinski definition) is 0. The molecule has 1 aliphatic rings. The third-order valence-electron chi connectivity index (χ3n) is 5.20. The van der Waals surface area contributed by atoms with Gasteiger partial charge in [-0.2, -0.15) is 0 Å². The summed E-state index contributed by atoms with van der Waals surface area (Å²) in [4.78, 5) is 0. The summed E-state index contributed by atoms with van der Waals surface area (Å²) in [5, 5.41) is 0. The van der Waals surface area contributed by atoms with Crippen molar-refractivity contribution < 1.29 is 0 Å². The van der Waals surface area contributed by atoms with Gasteiger partial charge in [-0.3, -0.25) is 0 Å². The van der Waals surface area contributed by atoms with Crippen LogP contribution in [-0.2, 0) is 17.3 Å². The molecular formula is C21H26. The third kappa shape index (κ3) is 2.31. The highest BCUT2D eigenvalue weighted by Gasteiger charge is 2.33. The highest BCUT2D eigenvalue weighted by Crippen LogP contribution is 2.45. The highest BCUT2D eigenvalue weighted by molar-refractivity contribution is 5.75. The molecule has 0 fully saturated rings. The zero-order chi connectivity index (χ0) is 15.3. The number of fused-ring (bicyclic) bond motifs is 3. The molecule has 0 nitrogen and oxygen atoms in total. The minimum Gasteiger partial charge on any atom is -0.0645 e. The molecule has 0 radical (unpaired) electrons. The van der Waals surface area contributed by atoms with E-state index in [9.17, 15) is 0 Å². The van der Waals surface area contributed by atoms with E-state index in [1.165, 1.54) is 34.2 Å². The first kappa shape index (κ1) is 14.4. The SMILES string of the molecule is CCC1(C)Cc2ccc(C(C)(C)C)cc2-c2ccccc21. The average molecular weight is 278 g/mol. The molecule has 0 spiro atoms. The van der Waals surface area contributed by atoms with Crippen molar-refractivity contribution in [1.82, 2.24) is 0 Å². The van der Waals surface area contributed by atoms with Gasteiger partial charge in [-0.05, 0) is 51.5 Å². The molecule has 21 heavy (non-hydrogen) atoms. The second kappa shape index (κ2) is 4.73. The number of benzene rings is 2. The topological polar surface area (TPSA) is 0 Å². The van der Waals surface area contributed by atoms with Gasteiger partial charge in [0.05, 0.1) is 0 Å². The maximum atomic E-state index is 2.42. The van der Waals surface area contributed by atoms with Crippen molar-refractivity contribution in [1.29, 1.82) is 0 Å². The molecule has 2 aromatic carbocycles. The molecule has 1 unspecified atom stereocenters. The lowest BCUT2D eigenvalue weighted by Gasteiger charge is -2.37. The molecule has 0 saturated carbocycles. The first-order valence-corrected chi connectivity index (χ1v) is 8.08. The van der Waals surface area contributed by atoms with E-state index in [1.54, 1.807) is 0 Å². The fraction of sp³-hybridized carbons (Fsp3) is 0.429. The van der Waals surface area contributed by atoms with E-state index in [2.05, 4.69) is 77.1 Å². The summed E-state index contributed by atoms with van der Waals surface area (Å²) in [6.07, 6.45) is 2.34. The van der Waals surface area contributed by atoms with Crippen LogP contribution >= 0.6 is 0 Å². The molecule has 0 heteroatoms. The Morgan fingerprint density at radius 1 is 1.00 bits per heavy atom. The van der Waals surface area contributed by atoms with E-state index >= 15 is 0 Å². The van der Waals surface area contributed by atoms with Crippen LogP contribution < -0.4 is 0 Å². The monoisotopic (exact) mass is 278 g/mol. The van der Waals surface area contributed by atoms with Gasteiger partial charge in [-0.15, -0.1) is 0 Å². The lowest BCUT2D eigenvalue weighted by Crippen LogP contribution is -2.28. The van der Waals surface area contributed by atoms with Crippen molar-refractivity contribution in [2.24, 2.45) is 0 Å². The zero-order valence-corrected chi connectivity index (χ0v) is 14.0. The summed E-state index contributed by atoms with van der Waals surface area (Å²) < 4.78 is 0. The molecule has 0 saturated heterocycles. The van der Waals surface area contributed by atoms with Gasteiger partial charge in [0.1, 0.15) is 0 Å². The minimum absolute atomic E-state index is 0.204. The van der Waals surface area contributed by atoms with Crippen LogP contribution in [0.1, 0.15) is 57.7 Å². The normalized spacial score (nSPS) is 20.8. The van der Waals surface area contributed by atoms with E-state index in [1.807, 2.05) is 0 Å². The van der Waals surface area contributed by atoms with Crippen LogP contribution in [0.4, 0.5) is 0 Å². The van der Waals surface area contributed by atoms with Crippen molar-refractivity contribution in [2.45, 2.75) is 58.3 Å². The van der Waals surface area contributed by atoms with Crippen molar-refractivity contribution >= 4 is 0 Å². The van der Waals surface area contributed by atoms with Crippen LogP contribution in [0.25, 0.3) is 11.1 Å². The molecule has 0 aromatic heterocycles. The third-order valence-corrected chi connectivity index (χ3v) is 5.20. The maximum absolute atomic E-state index is 2.42. The van der Waals surface area contributed by atoms with Crippen LogP contribution in [0.2, 0.25) is 0 Å². The summed E-state index contributed by atoms with van der Waals surface area (Å²) in [6, 6.07) is 16.1. The van der Waals surface area contributed by atoms with Crippen molar-refractivity contribution in [3.63, 3.8) is 0 Å². The van der Waals surface area contributed by atoms with Crippen molar-refractivity contribution in [3.8, 4) is 11.1 Å². The molecule has 0 bridgehead atoms. The first-order valence-electron chi connectivity index (χ1n) is 8.08. The Bertz CT molecular complexity index is 673. The first-order chi connectivity index (χ1) is 9.85. The zero-order valence-electron chi connectivity index (χ0n) is 14.0. The van der Waals surface area contributed by atoms with Gasteiger partial charge < -0.3 is 0 Å². The standard InChI is InChI=1S/C21H26/c1-6-21(5)14-15-11-12-16(20(2,3)4)13-18(15)17-9-7-8-10-19(17)21/h7-13H,6,14H2,1-5H3. The molecule has 1 atom stereocenters. The Hall–Kier alpha value is -1.56. The molecule has 0 N–H and O–H groups in total. The van der Waals surface area contributed by atoms with Crippen LogP contribution in [0.5, 0.6) is 0 Å². The molecule has 0 aliphatic heterocycles. The predicted octanol–water partition coefficient (Wildman–Crippen LogP) is 5.87. The van der Waals surface area contributed by atoms with Crippen LogP contribution in [-0.4, -0.2) is 0 Å². The van der Waals surface area contributed by atoms with E-state index in [0.717, 1.165) is 6.42 Å². The van der Waals surface area contributed by atoms with Crippen molar-refractivity contribution in [3.05, 3.63) is 59.2 Å². The molecule has 1 aliphatic carbocycles. The van der Waals surface area contributed by atoms with Gasteiger partial charge in [0.25, 0.3) is 0 Å². The summed E-state index contributed by atoms with van der Waals surface area (Å²) >= 11 is 0. The minimum atomic E-state index is 0.204. The van der Waals surface area contributed by atoms with E-state index in [0.29, 0.717) is 0 Å². The number of rotatable bonds is 1. The molecule has 0 amide bonds. The summed E-state index contributed by atoms with van der Waals surface area (Å²) in [5.74, 6) is 0. The highest BCUT2D eigenvalue weighted by atomic mass is 14.4. The van der Waals surface area contributed by atoms with Gasteiger partial charge in [-0.25, -0.2) is 0 Å². The van der Waals surface area contributed by atoms with Crippen LogP contribution in [0, 0.1) is 0 Å². The van der Waals surface area contributed by atoms with Crippen molar-refractivity contribution in [2.75, 3.05) is 0 Å².